The van der Waals surface area contributed by atoms with E-state index in [1.807, 2.05) is 25.1 Å². The van der Waals surface area contributed by atoms with Crippen molar-refractivity contribution in [3.8, 4) is 0 Å². The molecule has 2 aromatic carbocycles. The lowest BCUT2D eigenvalue weighted by Gasteiger charge is -2.14. The molecule has 2 aromatic rings. The molecule has 0 saturated heterocycles. The smallest absolute Gasteiger partial charge is 0.243 e. The highest BCUT2D eigenvalue weighted by molar-refractivity contribution is 6.35. The summed E-state index contributed by atoms with van der Waals surface area (Å²) < 4.78 is 0. The summed E-state index contributed by atoms with van der Waals surface area (Å²) in [6, 6.07) is 11.1. The van der Waals surface area contributed by atoms with E-state index in [0.717, 1.165) is 23.2 Å². The summed E-state index contributed by atoms with van der Waals surface area (Å²) in [5.41, 5.74) is 3.70. The third kappa shape index (κ3) is 4.15. The lowest BCUT2D eigenvalue weighted by atomic mass is 10.1. The molecule has 0 aliphatic heterocycles. The van der Waals surface area contributed by atoms with E-state index < -0.39 is 0 Å². The molecule has 116 valence electrons. The molecule has 0 atom stereocenters. The minimum atomic E-state index is -0.125. The molecule has 0 spiro atoms. The second-order valence-corrected chi connectivity index (χ2v) is 5.83. The first-order valence-corrected chi connectivity index (χ1v) is 7.84. The van der Waals surface area contributed by atoms with Gasteiger partial charge in [-0.25, -0.2) is 0 Å². The average molecular weight is 337 g/mol. The van der Waals surface area contributed by atoms with Crippen molar-refractivity contribution in [1.82, 2.24) is 0 Å². The Morgan fingerprint density at radius 1 is 1.18 bits per heavy atom. The number of hydrogen-bond acceptors (Lipinski definition) is 2. The van der Waals surface area contributed by atoms with Crippen molar-refractivity contribution in [1.29, 1.82) is 0 Å². The fraction of sp³-hybridized carbons (Fsp3) is 0.235. The predicted molar refractivity (Wildman–Crippen MR) is 94.1 cm³/mol. The summed E-state index contributed by atoms with van der Waals surface area (Å²) >= 11 is 12.0. The summed E-state index contributed by atoms with van der Waals surface area (Å²) in [6.07, 6.45) is 0.866. The Labute approximate surface area is 140 Å². The van der Waals surface area contributed by atoms with Crippen LogP contribution in [0.1, 0.15) is 18.1 Å². The van der Waals surface area contributed by atoms with Gasteiger partial charge in [-0.1, -0.05) is 48.3 Å². The zero-order valence-electron chi connectivity index (χ0n) is 12.5. The number of aryl methyl sites for hydroxylation is 2. The van der Waals surface area contributed by atoms with Gasteiger partial charge in [-0.2, -0.15) is 0 Å². The van der Waals surface area contributed by atoms with Gasteiger partial charge in [0.1, 0.15) is 0 Å². The van der Waals surface area contributed by atoms with Gasteiger partial charge in [-0.3, -0.25) is 4.79 Å². The van der Waals surface area contributed by atoms with Gasteiger partial charge in [-0.15, -0.1) is 0 Å². The number of rotatable bonds is 5. The van der Waals surface area contributed by atoms with E-state index in [9.17, 15) is 4.79 Å². The van der Waals surface area contributed by atoms with Crippen molar-refractivity contribution in [2.24, 2.45) is 0 Å². The van der Waals surface area contributed by atoms with Crippen LogP contribution in [0.4, 0.5) is 11.4 Å². The molecule has 0 saturated carbocycles. The molecule has 1 amide bonds. The number of para-hydroxylation sites is 1. The van der Waals surface area contributed by atoms with Gasteiger partial charge >= 0.3 is 0 Å². The van der Waals surface area contributed by atoms with Crippen LogP contribution in [0.25, 0.3) is 0 Å². The predicted octanol–water partition coefficient (Wildman–Crippen LogP) is 4.91. The van der Waals surface area contributed by atoms with Gasteiger partial charge in [0.25, 0.3) is 0 Å². The summed E-state index contributed by atoms with van der Waals surface area (Å²) in [5, 5.41) is 7.06. The van der Waals surface area contributed by atoms with E-state index in [4.69, 9.17) is 23.2 Å². The molecular weight excluding hydrogens is 319 g/mol. The van der Waals surface area contributed by atoms with Crippen LogP contribution in [-0.2, 0) is 11.2 Å². The first-order chi connectivity index (χ1) is 10.5. The topological polar surface area (TPSA) is 41.1 Å². The summed E-state index contributed by atoms with van der Waals surface area (Å²) in [6.45, 7) is 4.17. The number of carbonyl (C=O) groups is 1. The Balaban J connectivity index is 2.03. The highest BCUT2D eigenvalue weighted by atomic mass is 35.5. The molecule has 0 unspecified atom stereocenters. The van der Waals surface area contributed by atoms with Crippen LogP contribution in [0.5, 0.6) is 0 Å². The van der Waals surface area contributed by atoms with Gasteiger partial charge < -0.3 is 10.6 Å². The highest BCUT2D eigenvalue weighted by Gasteiger charge is 2.09. The van der Waals surface area contributed by atoms with E-state index in [-0.39, 0.29) is 12.5 Å². The normalized spacial score (nSPS) is 10.4. The third-order valence-electron chi connectivity index (χ3n) is 3.37. The third-order valence-corrected chi connectivity index (χ3v) is 3.94. The maximum atomic E-state index is 12.2. The molecule has 5 heteroatoms. The average Bonchev–Trinajstić information content (AvgIpc) is 2.50. The fourth-order valence-electron chi connectivity index (χ4n) is 2.19. The Morgan fingerprint density at radius 2 is 1.95 bits per heavy atom. The number of hydrogen-bond donors (Lipinski definition) is 2. The standard InChI is InChI=1S/C17H18Cl2N2O/c1-3-12-6-4-5-11(2)17(12)21-16(22)10-20-15-9-13(18)7-8-14(15)19/h4-9,20H,3,10H2,1-2H3,(H,21,22). The second-order valence-electron chi connectivity index (χ2n) is 4.99. The number of anilines is 2. The number of halogens is 2. The lowest BCUT2D eigenvalue weighted by Crippen LogP contribution is -2.23. The largest absolute Gasteiger partial charge is 0.375 e. The molecule has 22 heavy (non-hydrogen) atoms. The van der Waals surface area contributed by atoms with Crippen LogP contribution < -0.4 is 10.6 Å². The SMILES string of the molecule is CCc1cccc(C)c1NC(=O)CNc1cc(Cl)ccc1Cl. The Bertz CT molecular complexity index is 686. The molecule has 0 radical (unpaired) electrons. The Hall–Kier alpha value is -1.71. The number of carbonyl (C=O) groups excluding carboxylic acids is 1. The maximum absolute atomic E-state index is 12.2. The van der Waals surface area contributed by atoms with Crippen molar-refractivity contribution in [3.05, 3.63) is 57.6 Å². The number of nitrogens with one attached hydrogen (secondary N) is 2. The van der Waals surface area contributed by atoms with E-state index in [0.29, 0.717) is 15.7 Å². The Morgan fingerprint density at radius 3 is 2.68 bits per heavy atom. The van der Waals surface area contributed by atoms with E-state index in [2.05, 4.69) is 17.6 Å². The van der Waals surface area contributed by atoms with Gasteiger partial charge in [0.15, 0.2) is 0 Å². The first-order valence-electron chi connectivity index (χ1n) is 7.08. The number of benzene rings is 2. The van der Waals surface area contributed by atoms with Crippen LogP contribution in [-0.4, -0.2) is 12.5 Å². The van der Waals surface area contributed by atoms with Crippen molar-refractivity contribution < 1.29 is 4.79 Å². The fourth-order valence-corrected chi connectivity index (χ4v) is 2.55. The lowest BCUT2D eigenvalue weighted by molar-refractivity contribution is -0.114. The minimum Gasteiger partial charge on any atom is -0.375 e. The maximum Gasteiger partial charge on any atom is 0.243 e. The summed E-state index contributed by atoms with van der Waals surface area (Å²) in [4.78, 5) is 12.2. The van der Waals surface area contributed by atoms with Crippen LogP contribution in [0.2, 0.25) is 10.0 Å². The van der Waals surface area contributed by atoms with E-state index in [1.165, 1.54) is 0 Å². The van der Waals surface area contributed by atoms with Crippen LogP contribution in [0.15, 0.2) is 36.4 Å². The zero-order valence-corrected chi connectivity index (χ0v) is 14.1. The van der Waals surface area contributed by atoms with E-state index in [1.54, 1.807) is 18.2 Å². The molecule has 0 heterocycles. The van der Waals surface area contributed by atoms with Gasteiger partial charge in [0.05, 0.1) is 17.3 Å². The molecule has 2 N–H and O–H groups in total. The molecule has 2 rings (SSSR count). The van der Waals surface area contributed by atoms with Crippen molar-refractivity contribution >= 4 is 40.5 Å². The van der Waals surface area contributed by atoms with Gasteiger partial charge in [-0.05, 0) is 42.7 Å². The van der Waals surface area contributed by atoms with E-state index >= 15 is 0 Å². The molecule has 0 aliphatic carbocycles. The zero-order chi connectivity index (χ0) is 16.1. The molecular formula is C17H18Cl2N2O. The quantitative estimate of drug-likeness (QED) is 0.813. The molecule has 3 nitrogen and oxygen atoms in total. The van der Waals surface area contributed by atoms with Crippen LogP contribution >= 0.6 is 23.2 Å². The van der Waals surface area contributed by atoms with Gasteiger partial charge in [0, 0.05) is 10.7 Å². The van der Waals surface area contributed by atoms with Crippen molar-refractivity contribution in [2.45, 2.75) is 20.3 Å². The molecule has 0 bridgehead atoms. The van der Waals surface area contributed by atoms with Gasteiger partial charge in [0.2, 0.25) is 5.91 Å². The van der Waals surface area contributed by atoms with Crippen molar-refractivity contribution in [3.63, 3.8) is 0 Å². The first kappa shape index (κ1) is 16.7. The Kier molecular flexibility index (Phi) is 5.69. The molecule has 0 fully saturated rings. The van der Waals surface area contributed by atoms with Crippen molar-refractivity contribution in [2.75, 3.05) is 17.2 Å². The minimum absolute atomic E-state index is 0.123. The highest BCUT2D eigenvalue weighted by Crippen LogP contribution is 2.25. The van der Waals surface area contributed by atoms with Crippen LogP contribution in [0, 0.1) is 6.92 Å². The second kappa shape index (κ2) is 7.52. The summed E-state index contributed by atoms with van der Waals surface area (Å²) in [5.74, 6) is -0.125. The molecule has 0 aromatic heterocycles. The summed E-state index contributed by atoms with van der Waals surface area (Å²) in [7, 11) is 0. The molecule has 0 aliphatic rings. The van der Waals surface area contributed by atoms with Crippen LogP contribution in [0.3, 0.4) is 0 Å². The monoisotopic (exact) mass is 336 g/mol. The number of amides is 1.